The maximum absolute atomic E-state index is 12.4. The topological polar surface area (TPSA) is 66.4 Å². The quantitative estimate of drug-likeness (QED) is 0.745. The van der Waals surface area contributed by atoms with Crippen LogP contribution in [0.2, 0.25) is 0 Å². The van der Waals surface area contributed by atoms with Crippen LogP contribution in [0.5, 0.6) is 0 Å². The average molecular weight is 253 g/mol. The molecule has 1 atom stereocenters. The van der Waals surface area contributed by atoms with Gasteiger partial charge < -0.3 is 10.4 Å². The predicted molar refractivity (Wildman–Crippen MR) is 68.0 cm³/mol. The Balaban J connectivity index is 2.02. The van der Waals surface area contributed by atoms with Crippen LogP contribution >= 0.6 is 0 Å². The Bertz CT molecular complexity index is 323. The molecular formula is C14H23NO3. The Kier molecular flexibility index (Phi) is 4.38. The highest BCUT2D eigenvalue weighted by Gasteiger charge is 2.46. The fourth-order valence-corrected chi connectivity index (χ4v) is 3.23. The molecule has 1 amide bonds. The van der Waals surface area contributed by atoms with Crippen molar-refractivity contribution >= 4 is 11.7 Å². The van der Waals surface area contributed by atoms with Crippen LogP contribution in [0.25, 0.3) is 0 Å². The highest BCUT2D eigenvalue weighted by Crippen LogP contribution is 2.34. The van der Waals surface area contributed by atoms with E-state index in [1.807, 2.05) is 0 Å². The number of hydrogen-bond donors (Lipinski definition) is 2. The zero-order valence-corrected chi connectivity index (χ0v) is 10.9. The number of ketones is 1. The number of Topliss-reactive ketones (excluding diaryl/α,β-unsaturated/α-hetero) is 1. The molecule has 0 aromatic heterocycles. The van der Waals surface area contributed by atoms with Crippen molar-refractivity contribution in [3.05, 3.63) is 0 Å². The molecule has 2 fully saturated rings. The van der Waals surface area contributed by atoms with Crippen LogP contribution in [0.3, 0.4) is 0 Å². The summed E-state index contributed by atoms with van der Waals surface area (Å²) in [7, 11) is 0. The fraction of sp³-hybridized carbons (Fsp3) is 0.857. The van der Waals surface area contributed by atoms with Gasteiger partial charge in [0, 0.05) is 13.0 Å². The molecule has 0 radical (unpaired) electrons. The van der Waals surface area contributed by atoms with Crippen molar-refractivity contribution in [1.82, 2.24) is 5.32 Å². The van der Waals surface area contributed by atoms with E-state index in [-0.39, 0.29) is 18.3 Å². The van der Waals surface area contributed by atoms with E-state index < -0.39 is 5.41 Å². The van der Waals surface area contributed by atoms with Crippen LogP contribution < -0.4 is 5.32 Å². The Morgan fingerprint density at radius 3 is 2.61 bits per heavy atom. The number of nitrogens with one attached hydrogen (secondary N) is 1. The number of aliphatic hydroxyl groups excluding tert-OH is 1. The van der Waals surface area contributed by atoms with Gasteiger partial charge in [0.15, 0.2) is 5.78 Å². The first-order valence-electron chi connectivity index (χ1n) is 7.11. The molecule has 2 N–H and O–H groups in total. The first kappa shape index (κ1) is 13.5. The molecule has 1 heterocycles. The molecule has 0 aromatic carbocycles. The number of carbonyl (C=O) groups excluding carboxylic acids is 2. The zero-order chi connectivity index (χ0) is 13.0. The van der Waals surface area contributed by atoms with Crippen LogP contribution in [-0.4, -0.2) is 29.9 Å². The summed E-state index contributed by atoms with van der Waals surface area (Å²) in [5.74, 6) is 0.107. The van der Waals surface area contributed by atoms with E-state index >= 15 is 0 Å². The number of piperidine rings is 1. The van der Waals surface area contributed by atoms with E-state index in [1.54, 1.807) is 0 Å². The summed E-state index contributed by atoms with van der Waals surface area (Å²) < 4.78 is 0. The highest BCUT2D eigenvalue weighted by molar-refractivity contribution is 6.06. The minimum Gasteiger partial charge on any atom is -0.395 e. The van der Waals surface area contributed by atoms with Crippen molar-refractivity contribution in [2.45, 2.75) is 51.4 Å². The van der Waals surface area contributed by atoms with E-state index in [2.05, 4.69) is 5.32 Å². The number of aliphatic hydroxyl groups is 1. The van der Waals surface area contributed by atoms with Gasteiger partial charge in [0.1, 0.15) is 5.41 Å². The molecule has 102 valence electrons. The first-order chi connectivity index (χ1) is 8.69. The van der Waals surface area contributed by atoms with Gasteiger partial charge in [-0.3, -0.25) is 9.59 Å². The van der Waals surface area contributed by atoms with Crippen molar-refractivity contribution in [1.29, 1.82) is 0 Å². The third-order valence-corrected chi connectivity index (χ3v) is 4.50. The highest BCUT2D eigenvalue weighted by atomic mass is 16.3. The summed E-state index contributed by atoms with van der Waals surface area (Å²) in [5.41, 5.74) is -1.14. The second-order valence-corrected chi connectivity index (χ2v) is 5.73. The minimum atomic E-state index is -1.14. The molecule has 18 heavy (non-hydrogen) atoms. The van der Waals surface area contributed by atoms with Crippen molar-refractivity contribution in [2.75, 3.05) is 13.2 Å². The summed E-state index contributed by atoms with van der Waals surface area (Å²) >= 11 is 0. The third kappa shape index (κ3) is 2.58. The van der Waals surface area contributed by atoms with Gasteiger partial charge in [0.2, 0.25) is 5.91 Å². The smallest absolute Gasteiger partial charge is 0.236 e. The molecule has 1 saturated heterocycles. The van der Waals surface area contributed by atoms with E-state index in [0.29, 0.717) is 25.3 Å². The molecule has 0 spiro atoms. The molecule has 0 aromatic rings. The molecule has 2 rings (SSSR count). The van der Waals surface area contributed by atoms with E-state index in [9.17, 15) is 14.7 Å². The monoisotopic (exact) mass is 253 g/mol. The van der Waals surface area contributed by atoms with Crippen LogP contribution in [0.4, 0.5) is 0 Å². The summed E-state index contributed by atoms with van der Waals surface area (Å²) in [4.78, 5) is 24.3. The van der Waals surface area contributed by atoms with E-state index in [0.717, 1.165) is 19.3 Å². The molecule has 1 unspecified atom stereocenters. The maximum atomic E-state index is 12.4. The molecule has 1 saturated carbocycles. The number of carbonyl (C=O) groups is 2. The molecular weight excluding hydrogens is 230 g/mol. The van der Waals surface area contributed by atoms with E-state index in [1.165, 1.54) is 19.3 Å². The van der Waals surface area contributed by atoms with Gasteiger partial charge in [0.05, 0.1) is 6.61 Å². The van der Waals surface area contributed by atoms with Crippen LogP contribution in [-0.2, 0) is 9.59 Å². The van der Waals surface area contributed by atoms with Gasteiger partial charge in [0.25, 0.3) is 0 Å². The number of amides is 1. The van der Waals surface area contributed by atoms with Crippen LogP contribution in [0.1, 0.15) is 51.4 Å². The molecule has 4 nitrogen and oxygen atoms in total. The number of rotatable bonds is 4. The Morgan fingerprint density at radius 1 is 1.28 bits per heavy atom. The van der Waals surface area contributed by atoms with Gasteiger partial charge >= 0.3 is 0 Å². The second-order valence-electron chi connectivity index (χ2n) is 5.73. The molecule has 1 aliphatic carbocycles. The molecule has 1 aliphatic heterocycles. The lowest BCUT2D eigenvalue weighted by Gasteiger charge is -2.34. The standard InChI is InChI=1S/C14H23NO3/c16-10-14(7-4-8-15-13(14)18)12(17)9-11-5-2-1-3-6-11/h11,16H,1-10H2,(H,15,18). The van der Waals surface area contributed by atoms with Gasteiger partial charge in [-0.15, -0.1) is 0 Å². The number of hydrogen-bond acceptors (Lipinski definition) is 3. The minimum absolute atomic E-state index is 0.0471. The zero-order valence-electron chi connectivity index (χ0n) is 10.9. The van der Waals surface area contributed by atoms with Gasteiger partial charge in [-0.1, -0.05) is 32.1 Å². The first-order valence-corrected chi connectivity index (χ1v) is 7.11. The largest absolute Gasteiger partial charge is 0.395 e. The maximum Gasteiger partial charge on any atom is 0.236 e. The normalized spacial score (nSPS) is 29.9. The summed E-state index contributed by atoms with van der Waals surface area (Å²) in [6.07, 6.45) is 7.57. The SMILES string of the molecule is O=C(CC1CCCCC1)C1(CO)CCCNC1=O. The van der Waals surface area contributed by atoms with Crippen LogP contribution in [0, 0.1) is 11.3 Å². The average Bonchev–Trinajstić information content (AvgIpc) is 2.40. The van der Waals surface area contributed by atoms with Crippen molar-refractivity contribution in [3.63, 3.8) is 0 Å². The third-order valence-electron chi connectivity index (χ3n) is 4.50. The Morgan fingerprint density at radius 2 is 2.00 bits per heavy atom. The van der Waals surface area contributed by atoms with Crippen molar-refractivity contribution in [3.8, 4) is 0 Å². The molecule has 2 aliphatic rings. The molecule has 0 bridgehead atoms. The van der Waals surface area contributed by atoms with Gasteiger partial charge in [-0.05, 0) is 18.8 Å². The van der Waals surface area contributed by atoms with Crippen molar-refractivity contribution in [2.24, 2.45) is 11.3 Å². The van der Waals surface area contributed by atoms with Gasteiger partial charge in [-0.25, -0.2) is 0 Å². The Hall–Kier alpha value is -0.900. The fourth-order valence-electron chi connectivity index (χ4n) is 3.23. The predicted octanol–water partition coefficient (Wildman–Crippen LogP) is 1.41. The lowest BCUT2D eigenvalue weighted by atomic mass is 9.72. The second kappa shape index (κ2) is 5.83. The van der Waals surface area contributed by atoms with E-state index in [4.69, 9.17) is 0 Å². The van der Waals surface area contributed by atoms with Crippen LogP contribution in [0.15, 0.2) is 0 Å². The summed E-state index contributed by atoms with van der Waals surface area (Å²) in [6.45, 7) is 0.279. The molecule has 4 heteroatoms. The summed E-state index contributed by atoms with van der Waals surface area (Å²) in [5, 5.41) is 12.3. The Labute approximate surface area is 108 Å². The lowest BCUT2D eigenvalue weighted by Crippen LogP contribution is -2.53. The van der Waals surface area contributed by atoms with Gasteiger partial charge in [-0.2, -0.15) is 0 Å². The lowest BCUT2D eigenvalue weighted by molar-refractivity contribution is -0.148. The summed E-state index contributed by atoms with van der Waals surface area (Å²) in [6, 6.07) is 0. The van der Waals surface area contributed by atoms with Crippen molar-refractivity contribution < 1.29 is 14.7 Å².